The molecule has 2 heterocycles. The number of para-hydroxylation sites is 1. The van der Waals surface area contributed by atoms with E-state index in [1.165, 1.54) is 58.9 Å². The Balaban J connectivity index is 0.989. The van der Waals surface area contributed by atoms with Gasteiger partial charge >= 0.3 is 0 Å². The lowest BCUT2D eigenvalue weighted by Crippen LogP contribution is -2.10. The molecule has 11 aromatic rings. The van der Waals surface area contributed by atoms with Crippen molar-refractivity contribution in [2.45, 2.75) is 0 Å². The van der Waals surface area contributed by atoms with E-state index in [1.807, 2.05) is 23.5 Å². The lowest BCUT2D eigenvalue weighted by molar-refractivity contribution is 0.669. The van der Waals surface area contributed by atoms with Gasteiger partial charge in [-0.2, -0.15) is 0 Å². The molecule has 0 saturated carbocycles. The van der Waals surface area contributed by atoms with Gasteiger partial charge in [0.1, 0.15) is 11.2 Å². The highest BCUT2D eigenvalue weighted by molar-refractivity contribution is 7.26. The average molecular weight is 720 g/mol. The molecular formula is C52H33NOS. The summed E-state index contributed by atoms with van der Waals surface area (Å²) in [6.45, 7) is 0. The molecule has 55 heavy (non-hydrogen) atoms. The maximum Gasteiger partial charge on any atom is 0.136 e. The Labute approximate surface area is 322 Å². The zero-order valence-corrected chi connectivity index (χ0v) is 30.6. The monoisotopic (exact) mass is 719 g/mol. The first-order chi connectivity index (χ1) is 27.2. The van der Waals surface area contributed by atoms with Crippen molar-refractivity contribution in [3.63, 3.8) is 0 Å². The number of benzene rings is 9. The highest BCUT2D eigenvalue weighted by atomic mass is 32.1. The van der Waals surface area contributed by atoms with Gasteiger partial charge in [-0.25, -0.2) is 0 Å². The second-order valence-electron chi connectivity index (χ2n) is 14.1. The molecule has 2 nitrogen and oxygen atoms in total. The topological polar surface area (TPSA) is 16.4 Å². The highest BCUT2D eigenvalue weighted by Gasteiger charge is 2.19. The number of hydrogen-bond donors (Lipinski definition) is 0. The van der Waals surface area contributed by atoms with Crippen molar-refractivity contribution in [1.82, 2.24) is 0 Å². The molecule has 0 aliphatic heterocycles. The van der Waals surface area contributed by atoms with Gasteiger partial charge in [0.15, 0.2) is 0 Å². The fraction of sp³-hybridized carbons (Fsp3) is 0. The molecule has 0 fully saturated rings. The van der Waals surface area contributed by atoms with Gasteiger partial charge in [0, 0.05) is 37.6 Å². The van der Waals surface area contributed by atoms with Crippen molar-refractivity contribution >= 4 is 81.3 Å². The summed E-state index contributed by atoms with van der Waals surface area (Å²) < 4.78 is 8.80. The number of rotatable bonds is 6. The third-order valence-electron chi connectivity index (χ3n) is 10.9. The van der Waals surface area contributed by atoms with Crippen LogP contribution in [-0.2, 0) is 0 Å². The lowest BCUT2D eigenvalue weighted by Gasteiger charge is -2.26. The SMILES string of the molecule is c1cc(-c2ccc(N(c3ccc(-c4ccc5c(c4)oc4ccccc45)cc3)c3cccc4c3sc3ccccc34)cc2)cc(-c2ccc3ccccc3c2)c1. The van der Waals surface area contributed by atoms with E-state index < -0.39 is 0 Å². The average Bonchev–Trinajstić information content (AvgIpc) is 3.83. The van der Waals surface area contributed by atoms with Crippen LogP contribution in [0.3, 0.4) is 0 Å². The molecule has 258 valence electrons. The molecule has 11 rings (SSSR count). The largest absolute Gasteiger partial charge is 0.456 e. The quantitative estimate of drug-likeness (QED) is 0.170. The van der Waals surface area contributed by atoms with Crippen LogP contribution in [0, 0.1) is 0 Å². The van der Waals surface area contributed by atoms with E-state index in [9.17, 15) is 0 Å². The summed E-state index contributed by atoms with van der Waals surface area (Å²) >= 11 is 1.86. The van der Waals surface area contributed by atoms with Crippen LogP contribution in [-0.4, -0.2) is 0 Å². The van der Waals surface area contributed by atoms with E-state index in [0.29, 0.717) is 0 Å². The molecule has 0 spiro atoms. The van der Waals surface area contributed by atoms with Crippen LogP contribution < -0.4 is 4.90 Å². The molecule has 0 unspecified atom stereocenters. The molecule has 0 saturated heterocycles. The van der Waals surface area contributed by atoms with Crippen LogP contribution in [0.4, 0.5) is 17.1 Å². The van der Waals surface area contributed by atoms with Crippen molar-refractivity contribution < 1.29 is 4.42 Å². The van der Waals surface area contributed by atoms with Crippen LogP contribution >= 0.6 is 11.3 Å². The predicted octanol–water partition coefficient (Wildman–Crippen LogP) is 15.6. The predicted molar refractivity (Wildman–Crippen MR) is 235 cm³/mol. The number of hydrogen-bond acceptors (Lipinski definition) is 3. The fourth-order valence-corrected chi connectivity index (χ4v) is 9.30. The Kier molecular flexibility index (Phi) is 7.39. The van der Waals surface area contributed by atoms with Gasteiger partial charge in [-0.05, 0) is 111 Å². The van der Waals surface area contributed by atoms with Gasteiger partial charge < -0.3 is 9.32 Å². The number of furan rings is 1. The molecular weight excluding hydrogens is 687 g/mol. The smallest absolute Gasteiger partial charge is 0.136 e. The third kappa shape index (κ3) is 5.48. The molecule has 0 radical (unpaired) electrons. The van der Waals surface area contributed by atoms with Crippen LogP contribution in [0.15, 0.2) is 205 Å². The molecule has 0 aliphatic rings. The standard InChI is InChI=1S/C52H33NOS/c1-2-10-37-32-40(20-19-34(37)9-1)39-12-7-11-38(31-39)35-21-26-42(27-22-35)53(48-16-8-15-47-46-14-4-6-18-51(46)55-52(47)48)43-28-23-36(24-29-43)41-25-30-45-44-13-3-5-17-49(44)54-50(45)33-41/h1-33H. The summed E-state index contributed by atoms with van der Waals surface area (Å²) in [5.41, 5.74) is 12.3. The minimum absolute atomic E-state index is 0.906. The second-order valence-corrected chi connectivity index (χ2v) is 15.2. The van der Waals surface area contributed by atoms with Gasteiger partial charge in [0.05, 0.1) is 10.4 Å². The van der Waals surface area contributed by atoms with Crippen molar-refractivity contribution in [1.29, 1.82) is 0 Å². The maximum absolute atomic E-state index is 6.24. The zero-order valence-electron chi connectivity index (χ0n) is 29.8. The molecule has 2 aromatic heterocycles. The number of fused-ring (bicyclic) bond motifs is 7. The minimum Gasteiger partial charge on any atom is -0.456 e. The van der Waals surface area contributed by atoms with Gasteiger partial charge in [0.2, 0.25) is 0 Å². The summed E-state index contributed by atoms with van der Waals surface area (Å²) in [5.74, 6) is 0. The Morgan fingerprint density at radius 3 is 1.71 bits per heavy atom. The van der Waals surface area contributed by atoms with Crippen molar-refractivity contribution in [3.8, 4) is 33.4 Å². The third-order valence-corrected chi connectivity index (χ3v) is 12.1. The number of thiophene rings is 1. The molecule has 0 aliphatic carbocycles. The normalized spacial score (nSPS) is 11.6. The van der Waals surface area contributed by atoms with Crippen LogP contribution in [0.5, 0.6) is 0 Å². The molecule has 0 atom stereocenters. The molecule has 0 bridgehead atoms. The Morgan fingerprint density at radius 2 is 0.909 bits per heavy atom. The second kappa shape index (κ2) is 12.9. The molecule has 0 N–H and O–H groups in total. The highest BCUT2D eigenvalue weighted by Crippen LogP contribution is 2.45. The lowest BCUT2D eigenvalue weighted by atomic mass is 9.97. The van der Waals surface area contributed by atoms with Gasteiger partial charge in [-0.1, -0.05) is 133 Å². The van der Waals surface area contributed by atoms with Crippen molar-refractivity contribution in [3.05, 3.63) is 200 Å². The maximum atomic E-state index is 6.24. The Morgan fingerprint density at radius 1 is 0.345 bits per heavy atom. The molecule has 3 heteroatoms. The first kappa shape index (κ1) is 31.6. The first-order valence-electron chi connectivity index (χ1n) is 18.7. The van der Waals surface area contributed by atoms with Crippen molar-refractivity contribution in [2.75, 3.05) is 4.90 Å². The first-order valence-corrected chi connectivity index (χ1v) is 19.5. The summed E-state index contributed by atoms with van der Waals surface area (Å²) in [6, 6.07) is 72.3. The number of nitrogens with zero attached hydrogens (tertiary/aromatic N) is 1. The van der Waals surface area contributed by atoms with E-state index >= 15 is 0 Å². The van der Waals surface area contributed by atoms with E-state index in [1.54, 1.807) is 0 Å². The van der Waals surface area contributed by atoms with Gasteiger partial charge in [-0.15, -0.1) is 11.3 Å². The number of anilines is 3. The molecule has 0 amide bonds. The Hall–Kier alpha value is -6.94. The van der Waals surface area contributed by atoms with Crippen LogP contribution in [0.1, 0.15) is 0 Å². The van der Waals surface area contributed by atoms with Crippen LogP contribution in [0.2, 0.25) is 0 Å². The Bertz CT molecular complexity index is 3210. The van der Waals surface area contributed by atoms with Gasteiger partial charge in [-0.3, -0.25) is 0 Å². The summed E-state index contributed by atoms with van der Waals surface area (Å²) in [6.07, 6.45) is 0. The zero-order chi connectivity index (χ0) is 36.3. The van der Waals surface area contributed by atoms with E-state index in [4.69, 9.17) is 4.42 Å². The van der Waals surface area contributed by atoms with E-state index in [-0.39, 0.29) is 0 Å². The summed E-state index contributed by atoms with van der Waals surface area (Å²) in [4.78, 5) is 2.40. The van der Waals surface area contributed by atoms with Crippen LogP contribution in [0.25, 0.3) is 86.3 Å². The minimum atomic E-state index is 0.906. The van der Waals surface area contributed by atoms with E-state index in [2.05, 4.69) is 193 Å². The van der Waals surface area contributed by atoms with E-state index in [0.717, 1.165) is 44.4 Å². The fourth-order valence-electron chi connectivity index (χ4n) is 8.09. The van der Waals surface area contributed by atoms with Crippen molar-refractivity contribution in [2.24, 2.45) is 0 Å². The summed E-state index contributed by atoms with van der Waals surface area (Å²) in [5, 5.41) is 7.37. The summed E-state index contributed by atoms with van der Waals surface area (Å²) in [7, 11) is 0. The van der Waals surface area contributed by atoms with Gasteiger partial charge in [0.25, 0.3) is 0 Å². The molecule has 9 aromatic carbocycles.